The first-order valence-corrected chi connectivity index (χ1v) is 11.2. The average molecular weight is 446 g/mol. The van der Waals surface area contributed by atoms with Crippen molar-refractivity contribution in [2.45, 2.75) is 0 Å². The third-order valence-corrected chi connectivity index (χ3v) is 6.40. The van der Waals surface area contributed by atoms with Crippen molar-refractivity contribution in [2.75, 3.05) is 50.2 Å². The smallest absolute Gasteiger partial charge is 0.255 e. The Hall–Kier alpha value is -3.42. The fourth-order valence-electron chi connectivity index (χ4n) is 3.36. The summed E-state index contributed by atoms with van der Waals surface area (Å²) in [7, 11) is 6.17. The highest BCUT2D eigenvalue weighted by atomic mass is 32.1. The van der Waals surface area contributed by atoms with Gasteiger partial charge in [0.15, 0.2) is 5.13 Å². The Morgan fingerprint density at radius 3 is 2.47 bits per heavy atom. The maximum Gasteiger partial charge on any atom is 0.255 e. The van der Waals surface area contributed by atoms with Crippen LogP contribution in [0.4, 0.5) is 16.5 Å². The summed E-state index contributed by atoms with van der Waals surface area (Å²) in [5, 5.41) is 3.97. The van der Waals surface area contributed by atoms with Crippen molar-refractivity contribution in [3.8, 4) is 11.1 Å². The number of aromatic nitrogens is 1. The lowest BCUT2D eigenvalue weighted by Crippen LogP contribution is -2.28. The number of rotatable bonds is 7. The van der Waals surface area contributed by atoms with Gasteiger partial charge in [0.1, 0.15) is 0 Å². The van der Waals surface area contributed by atoms with E-state index in [-0.39, 0.29) is 5.91 Å². The van der Waals surface area contributed by atoms with Crippen molar-refractivity contribution in [1.29, 1.82) is 0 Å². The molecule has 7 heteroatoms. The van der Waals surface area contributed by atoms with Gasteiger partial charge in [0, 0.05) is 42.6 Å². The molecule has 0 aliphatic carbocycles. The maximum absolute atomic E-state index is 12.8. The number of thiazole rings is 1. The molecule has 0 unspecified atom stereocenters. The van der Waals surface area contributed by atoms with E-state index in [1.54, 1.807) is 11.3 Å². The average Bonchev–Trinajstić information content (AvgIpc) is 3.21. The normalized spacial score (nSPS) is 11.1. The molecule has 4 aromatic rings. The largest absolute Gasteiger partial charge is 0.398 e. The van der Waals surface area contributed by atoms with E-state index in [0.29, 0.717) is 11.3 Å². The summed E-state index contributed by atoms with van der Waals surface area (Å²) in [6, 6.07) is 21.0. The van der Waals surface area contributed by atoms with Crippen molar-refractivity contribution < 1.29 is 4.79 Å². The van der Waals surface area contributed by atoms with Crippen LogP contribution in [-0.2, 0) is 0 Å². The van der Waals surface area contributed by atoms with Gasteiger partial charge >= 0.3 is 0 Å². The quantitative estimate of drug-likeness (QED) is 0.400. The first-order valence-electron chi connectivity index (χ1n) is 10.4. The number of benzene rings is 3. The molecule has 0 fully saturated rings. The molecule has 1 aromatic heterocycles. The topological polar surface area (TPSA) is 74.5 Å². The van der Waals surface area contributed by atoms with E-state index in [4.69, 9.17) is 10.7 Å². The number of para-hydroxylation sites is 1. The van der Waals surface area contributed by atoms with Crippen LogP contribution in [0.2, 0.25) is 0 Å². The third-order valence-electron chi connectivity index (χ3n) is 5.26. The van der Waals surface area contributed by atoms with E-state index in [1.165, 1.54) is 0 Å². The molecule has 0 aliphatic rings. The molecule has 0 saturated heterocycles. The van der Waals surface area contributed by atoms with Crippen LogP contribution in [0.15, 0.2) is 66.7 Å². The summed E-state index contributed by atoms with van der Waals surface area (Å²) < 4.78 is 1.05. The Bertz CT molecular complexity index is 1230. The van der Waals surface area contributed by atoms with Crippen molar-refractivity contribution in [3.63, 3.8) is 0 Å². The number of carbonyl (C=O) groups excluding carboxylic acids is 1. The molecule has 0 spiro atoms. The molecule has 1 heterocycles. The second-order valence-corrected chi connectivity index (χ2v) is 9.03. The number of carbonyl (C=O) groups is 1. The van der Waals surface area contributed by atoms with Crippen molar-refractivity contribution in [1.82, 2.24) is 9.88 Å². The van der Waals surface area contributed by atoms with Gasteiger partial charge in [0.25, 0.3) is 5.91 Å². The molecule has 3 N–H and O–H groups in total. The van der Waals surface area contributed by atoms with E-state index in [9.17, 15) is 4.79 Å². The number of likely N-dealkylation sites (N-methyl/N-ethyl adjacent to an activating group) is 2. The molecule has 164 valence electrons. The summed E-state index contributed by atoms with van der Waals surface area (Å²) in [5.74, 6) is -0.148. The van der Waals surface area contributed by atoms with Crippen LogP contribution in [-0.4, -0.2) is 50.0 Å². The number of nitrogen functional groups attached to an aromatic ring is 1. The molecule has 3 aromatic carbocycles. The summed E-state index contributed by atoms with van der Waals surface area (Å²) in [4.78, 5) is 21.8. The van der Waals surface area contributed by atoms with Crippen LogP contribution in [0.3, 0.4) is 0 Å². The number of nitrogens with two attached hydrogens (primary N) is 1. The van der Waals surface area contributed by atoms with Crippen molar-refractivity contribution >= 4 is 44.0 Å². The number of nitrogens with one attached hydrogen (secondary N) is 1. The standard InChI is InChI=1S/C25H27N5OS/c1-29(2)14-15-30(3)25-28-22-13-12-19(16-23(22)32-25)27-24(31)18-10-8-17(9-11-18)20-6-4-5-7-21(20)26/h4-13,16H,14-15,26H2,1-3H3,(H,27,31). The Balaban J connectivity index is 1.47. The van der Waals surface area contributed by atoms with Gasteiger partial charge in [-0.25, -0.2) is 4.98 Å². The maximum atomic E-state index is 12.8. The zero-order valence-electron chi connectivity index (χ0n) is 18.5. The first-order chi connectivity index (χ1) is 15.4. The molecule has 0 aliphatic heterocycles. The number of nitrogens with zero attached hydrogens (tertiary/aromatic N) is 3. The second kappa shape index (κ2) is 9.38. The zero-order chi connectivity index (χ0) is 22.7. The molecular weight excluding hydrogens is 418 g/mol. The minimum atomic E-state index is -0.148. The minimum Gasteiger partial charge on any atom is -0.398 e. The first kappa shape index (κ1) is 21.8. The van der Waals surface area contributed by atoms with Crippen molar-refractivity contribution in [3.05, 3.63) is 72.3 Å². The molecule has 0 bridgehead atoms. The number of hydrogen-bond acceptors (Lipinski definition) is 6. The highest BCUT2D eigenvalue weighted by Gasteiger charge is 2.12. The molecule has 4 rings (SSSR count). The van der Waals surface area contributed by atoms with Gasteiger partial charge in [-0.3, -0.25) is 4.79 Å². The van der Waals surface area contributed by atoms with Gasteiger partial charge < -0.3 is 20.9 Å². The van der Waals surface area contributed by atoms with E-state index in [2.05, 4.69) is 36.3 Å². The van der Waals surface area contributed by atoms with Crippen LogP contribution < -0.4 is 16.0 Å². The van der Waals surface area contributed by atoms with Gasteiger partial charge in [0.2, 0.25) is 0 Å². The predicted molar refractivity (Wildman–Crippen MR) is 136 cm³/mol. The number of anilines is 3. The Labute approximate surface area is 192 Å². The number of fused-ring (bicyclic) bond motifs is 1. The fourth-order valence-corrected chi connectivity index (χ4v) is 4.36. The number of amides is 1. The van der Waals surface area contributed by atoms with Gasteiger partial charge in [-0.1, -0.05) is 41.7 Å². The lowest BCUT2D eigenvalue weighted by atomic mass is 10.0. The Kier molecular flexibility index (Phi) is 6.39. The van der Waals surface area contributed by atoms with E-state index < -0.39 is 0 Å². The lowest BCUT2D eigenvalue weighted by molar-refractivity contribution is 0.102. The third kappa shape index (κ3) is 4.90. The van der Waals surface area contributed by atoms with Gasteiger partial charge in [0.05, 0.1) is 10.2 Å². The molecule has 32 heavy (non-hydrogen) atoms. The van der Waals surface area contributed by atoms with E-state index in [0.717, 1.165) is 45.3 Å². The predicted octanol–water partition coefficient (Wildman–Crippen LogP) is 4.80. The van der Waals surface area contributed by atoms with E-state index in [1.807, 2.05) is 66.7 Å². The van der Waals surface area contributed by atoms with Gasteiger partial charge in [-0.2, -0.15) is 0 Å². The summed E-state index contributed by atoms with van der Waals surface area (Å²) in [6.45, 7) is 1.87. The number of hydrogen-bond donors (Lipinski definition) is 2. The minimum absolute atomic E-state index is 0.148. The molecule has 6 nitrogen and oxygen atoms in total. The van der Waals surface area contributed by atoms with Crippen LogP contribution in [0, 0.1) is 0 Å². The zero-order valence-corrected chi connectivity index (χ0v) is 19.3. The summed E-state index contributed by atoms with van der Waals surface area (Å²) in [6.07, 6.45) is 0. The Morgan fingerprint density at radius 2 is 1.75 bits per heavy atom. The van der Waals surface area contributed by atoms with Crippen LogP contribution in [0.25, 0.3) is 21.3 Å². The van der Waals surface area contributed by atoms with Crippen LogP contribution >= 0.6 is 11.3 Å². The monoisotopic (exact) mass is 445 g/mol. The highest BCUT2D eigenvalue weighted by molar-refractivity contribution is 7.22. The molecule has 0 saturated carbocycles. The van der Waals surface area contributed by atoms with Crippen molar-refractivity contribution in [2.24, 2.45) is 0 Å². The van der Waals surface area contributed by atoms with Gasteiger partial charge in [-0.05, 0) is 56.1 Å². The molecular formula is C25H27N5OS. The SMILES string of the molecule is CN(C)CCN(C)c1nc2ccc(NC(=O)c3ccc(-c4ccccc4N)cc3)cc2s1. The molecule has 0 atom stereocenters. The second-order valence-electron chi connectivity index (χ2n) is 8.02. The fraction of sp³-hybridized carbons (Fsp3) is 0.200. The summed E-state index contributed by atoms with van der Waals surface area (Å²) in [5.41, 5.74) is 11.0. The molecule has 0 radical (unpaired) electrons. The Morgan fingerprint density at radius 1 is 1.00 bits per heavy atom. The summed E-state index contributed by atoms with van der Waals surface area (Å²) >= 11 is 1.63. The lowest BCUT2D eigenvalue weighted by Gasteiger charge is -2.18. The van der Waals surface area contributed by atoms with Gasteiger partial charge in [-0.15, -0.1) is 0 Å². The van der Waals surface area contributed by atoms with E-state index >= 15 is 0 Å². The molecule has 1 amide bonds. The van der Waals surface area contributed by atoms with Crippen LogP contribution in [0.5, 0.6) is 0 Å². The highest BCUT2D eigenvalue weighted by Crippen LogP contribution is 2.30. The van der Waals surface area contributed by atoms with Crippen LogP contribution in [0.1, 0.15) is 10.4 Å².